The lowest BCUT2D eigenvalue weighted by Gasteiger charge is -2.10. The number of aromatic carboxylic acids is 1. The first kappa shape index (κ1) is 14.3. The minimum Gasteiger partial charge on any atom is -0.496 e. The highest BCUT2D eigenvalue weighted by Crippen LogP contribution is 2.31. The second kappa shape index (κ2) is 5.89. The molecule has 2 aromatic rings. The van der Waals surface area contributed by atoms with Gasteiger partial charge in [0.25, 0.3) is 5.91 Å². The molecule has 0 saturated carbocycles. The van der Waals surface area contributed by atoms with Crippen LogP contribution in [0.15, 0.2) is 23.0 Å². The number of aromatic nitrogens is 1. The molecule has 6 nitrogen and oxygen atoms in total. The predicted molar refractivity (Wildman–Crippen MR) is 75.0 cm³/mol. The average molecular weight is 313 g/mol. The molecule has 1 amide bonds. The van der Waals surface area contributed by atoms with Crippen molar-refractivity contribution in [3.8, 4) is 5.75 Å². The molecule has 0 fully saturated rings. The number of anilines is 1. The van der Waals surface area contributed by atoms with E-state index in [1.54, 1.807) is 5.38 Å². The molecule has 0 bridgehead atoms. The molecule has 20 heavy (non-hydrogen) atoms. The van der Waals surface area contributed by atoms with Gasteiger partial charge in [-0.2, -0.15) is 0 Å². The van der Waals surface area contributed by atoms with Crippen molar-refractivity contribution >= 4 is 40.5 Å². The number of halogens is 1. The number of hydrogen-bond acceptors (Lipinski definition) is 5. The summed E-state index contributed by atoms with van der Waals surface area (Å²) >= 11 is 7.25. The number of carboxylic acid groups (broad SMARTS) is 1. The number of hydrogen-bond donors (Lipinski definition) is 2. The minimum absolute atomic E-state index is 0.0795. The number of benzene rings is 1. The lowest BCUT2D eigenvalue weighted by molar-refractivity contribution is 0.0693. The third-order valence-electron chi connectivity index (χ3n) is 2.43. The summed E-state index contributed by atoms with van der Waals surface area (Å²) in [6.45, 7) is 0. The zero-order valence-corrected chi connectivity index (χ0v) is 11.8. The zero-order valence-electron chi connectivity index (χ0n) is 10.2. The van der Waals surface area contributed by atoms with Crippen LogP contribution in [0.3, 0.4) is 0 Å². The third-order valence-corrected chi connectivity index (χ3v) is 3.33. The van der Waals surface area contributed by atoms with E-state index in [4.69, 9.17) is 21.4 Å². The molecule has 2 N–H and O–H groups in total. The minimum atomic E-state index is -1.17. The van der Waals surface area contributed by atoms with Gasteiger partial charge in [0.2, 0.25) is 0 Å². The number of ether oxygens (including phenoxy) is 1. The summed E-state index contributed by atoms with van der Waals surface area (Å²) in [5, 5.41) is 13.3. The second-order valence-corrected chi connectivity index (χ2v) is 4.79. The molecule has 0 spiro atoms. The van der Waals surface area contributed by atoms with E-state index in [0.717, 1.165) is 0 Å². The lowest BCUT2D eigenvalue weighted by Crippen LogP contribution is -2.13. The van der Waals surface area contributed by atoms with Crippen LogP contribution < -0.4 is 10.1 Å². The van der Waals surface area contributed by atoms with Gasteiger partial charge in [0.1, 0.15) is 17.0 Å². The Labute approximate surface area is 123 Å². The number of carboxylic acids is 1. The quantitative estimate of drug-likeness (QED) is 0.906. The Bertz CT molecular complexity index is 658. The van der Waals surface area contributed by atoms with Crippen LogP contribution in [0.2, 0.25) is 5.02 Å². The Morgan fingerprint density at radius 1 is 1.45 bits per heavy atom. The summed E-state index contributed by atoms with van der Waals surface area (Å²) in [5.41, 5.74) is 1.97. The first-order valence-corrected chi connectivity index (χ1v) is 6.65. The largest absolute Gasteiger partial charge is 0.496 e. The standard InChI is InChI=1S/C12H9ClN2O4S/c1-19-10-3-8(7(13)2-6(10)12(17)18)15-11(16)9-4-20-5-14-9/h2-5H,1H3,(H,15,16)(H,17,18). The van der Waals surface area contributed by atoms with Gasteiger partial charge in [-0.05, 0) is 6.07 Å². The average Bonchev–Trinajstić information content (AvgIpc) is 2.94. The first-order chi connectivity index (χ1) is 9.52. The Kier molecular flexibility index (Phi) is 4.21. The van der Waals surface area contributed by atoms with Gasteiger partial charge in [0, 0.05) is 11.4 Å². The molecular weight excluding hydrogens is 304 g/mol. The summed E-state index contributed by atoms with van der Waals surface area (Å²) in [4.78, 5) is 26.8. The van der Waals surface area contributed by atoms with Crippen LogP contribution in [0, 0.1) is 0 Å². The lowest BCUT2D eigenvalue weighted by atomic mass is 10.1. The fraction of sp³-hybridized carbons (Fsp3) is 0.0833. The molecule has 0 radical (unpaired) electrons. The fourth-order valence-corrected chi connectivity index (χ4v) is 2.24. The van der Waals surface area contributed by atoms with E-state index >= 15 is 0 Å². The number of nitrogens with zero attached hydrogens (tertiary/aromatic N) is 1. The van der Waals surface area contributed by atoms with Crippen LogP contribution in [0.25, 0.3) is 0 Å². The Balaban J connectivity index is 2.33. The monoisotopic (exact) mass is 312 g/mol. The SMILES string of the molecule is COc1cc(NC(=O)c2cscn2)c(Cl)cc1C(=O)O. The molecule has 2 rings (SSSR count). The van der Waals surface area contributed by atoms with E-state index in [0.29, 0.717) is 0 Å². The van der Waals surface area contributed by atoms with Crippen molar-refractivity contribution < 1.29 is 19.4 Å². The summed E-state index contributed by atoms with van der Waals surface area (Å²) in [7, 11) is 1.34. The Morgan fingerprint density at radius 3 is 2.75 bits per heavy atom. The maximum Gasteiger partial charge on any atom is 0.339 e. The van der Waals surface area contributed by atoms with Crippen LogP contribution >= 0.6 is 22.9 Å². The van der Waals surface area contributed by atoms with Crippen molar-refractivity contribution in [2.75, 3.05) is 12.4 Å². The van der Waals surface area contributed by atoms with Crippen LogP contribution in [0.1, 0.15) is 20.8 Å². The third kappa shape index (κ3) is 2.89. The molecular formula is C12H9ClN2O4S. The van der Waals surface area contributed by atoms with E-state index in [9.17, 15) is 9.59 Å². The van der Waals surface area contributed by atoms with Gasteiger partial charge in [0.15, 0.2) is 0 Å². The highest BCUT2D eigenvalue weighted by molar-refractivity contribution is 7.07. The number of carbonyl (C=O) groups is 2. The zero-order chi connectivity index (χ0) is 14.7. The summed E-state index contributed by atoms with van der Waals surface area (Å²) in [5.74, 6) is -1.49. The molecule has 0 aliphatic heterocycles. The van der Waals surface area contributed by atoms with Crippen LogP contribution in [0.4, 0.5) is 5.69 Å². The first-order valence-electron chi connectivity index (χ1n) is 5.33. The van der Waals surface area contributed by atoms with Crippen molar-refractivity contribution in [2.24, 2.45) is 0 Å². The van der Waals surface area contributed by atoms with Gasteiger partial charge < -0.3 is 15.2 Å². The molecule has 0 saturated heterocycles. The van der Waals surface area contributed by atoms with E-state index in [2.05, 4.69) is 10.3 Å². The molecule has 0 unspecified atom stereocenters. The van der Waals surface area contributed by atoms with Crippen LogP contribution in [-0.4, -0.2) is 29.1 Å². The Morgan fingerprint density at radius 2 is 2.20 bits per heavy atom. The maximum atomic E-state index is 11.9. The van der Waals surface area contributed by atoms with Crippen molar-refractivity contribution in [3.63, 3.8) is 0 Å². The molecule has 0 atom stereocenters. The topological polar surface area (TPSA) is 88.5 Å². The predicted octanol–water partition coefficient (Wildman–Crippen LogP) is 2.76. The molecule has 104 valence electrons. The molecule has 1 aromatic heterocycles. The smallest absolute Gasteiger partial charge is 0.339 e. The van der Waals surface area contributed by atoms with Crippen molar-refractivity contribution in [3.05, 3.63) is 39.3 Å². The van der Waals surface area contributed by atoms with E-state index in [-0.39, 0.29) is 27.7 Å². The van der Waals surface area contributed by atoms with E-state index in [1.807, 2.05) is 0 Å². The number of carbonyl (C=O) groups excluding carboxylic acids is 1. The van der Waals surface area contributed by atoms with E-state index < -0.39 is 11.9 Å². The van der Waals surface area contributed by atoms with Gasteiger partial charge in [-0.15, -0.1) is 11.3 Å². The van der Waals surface area contributed by atoms with Crippen LogP contribution in [-0.2, 0) is 0 Å². The van der Waals surface area contributed by atoms with Gasteiger partial charge in [0.05, 0.1) is 23.3 Å². The second-order valence-electron chi connectivity index (χ2n) is 3.67. The summed E-state index contributed by atoms with van der Waals surface area (Å²) in [6.07, 6.45) is 0. The van der Waals surface area contributed by atoms with Crippen molar-refractivity contribution in [1.82, 2.24) is 4.98 Å². The number of rotatable bonds is 4. The van der Waals surface area contributed by atoms with E-state index in [1.165, 1.54) is 36.1 Å². The number of nitrogens with one attached hydrogen (secondary N) is 1. The number of methoxy groups -OCH3 is 1. The summed E-state index contributed by atoms with van der Waals surface area (Å²) < 4.78 is 4.97. The van der Waals surface area contributed by atoms with Gasteiger partial charge in [-0.1, -0.05) is 11.6 Å². The van der Waals surface area contributed by atoms with Gasteiger partial charge in [-0.25, -0.2) is 9.78 Å². The molecule has 0 aliphatic rings. The summed E-state index contributed by atoms with van der Waals surface area (Å²) in [6, 6.07) is 2.58. The fourth-order valence-electron chi connectivity index (χ4n) is 1.50. The van der Waals surface area contributed by atoms with Gasteiger partial charge in [-0.3, -0.25) is 4.79 Å². The van der Waals surface area contributed by atoms with Gasteiger partial charge >= 0.3 is 5.97 Å². The van der Waals surface area contributed by atoms with Crippen molar-refractivity contribution in [2.45, 2.75) is 0 Å². The highest BCUT2D eigenvalue weighted by atomic mass is 35.5. The molecule has 0 aliphatic carbocycles. The Hall–Kier alpha value is -2.12. The normalized spacial score (nSPS) is 10.1. The molecule has 1 aromatic carbocycles. The highest BCUT2D eigenvalue weighted by Gasteiger charge is 2.17. The maximum absolute atomic E-state index is 11.9. The molecule has 1 heterocycles. The molecule has 8 heteroatoms. The number of thiazole rings is 1. The van der Waals surface area contributed by atoms with Crippen LogP contribution in [0.5, 0.6) is 5.75 Å². The number of amides is 1. The van der Waals surface area contributed by atoms with Crippen molar-refractivity contribution in [1.29, 1.82) is 0 Å².